The standard InChI is InChI=1S/C24H22N4O3/c1-3-30-18-9-7-16(8-10-18)21-19(13-25)23(26)31-20-12-15(2)28(24(29)22(20)21)14-17-6-4-5-11-27-17/h4-12,21H,3,14,26H2,1-2H3. The summed E-state index contributed by atoms with van der Waals surface area (Å²) < 4.78 is 12.9. The second kappa shape index (κ2) is 8.36. The number of fused-ring (bicyclic) bond motifs is 1. The Labute approximate surface area is 180 Å². The minimum atomic E-state index is -0.632. The van der Waals surface area contributed by atoms with Crippen molar-refractivity contribution in [2.45, 2.75) is 26.3 Å². The van der Waals surface area contributed by atoms with E-state index in [-0.39, 0.29) is 17.0 Å². The van der Waals surface area contributed by atoms with Crippen LogP contribution in [0.3, 0.4) is 0 Å². The average molecular weight is 414 g/mol. The first-order chi connectivity index (χ1) is 15.0. The number of aryl methyl sites for hydroxylation is 1. The third kappa shape index (κ3) is 3.76. The van der Waals surface area contributed by atoms with E-state index in [1.807, 2.05) is 56.3 Å². The summed E-state index contributed by atoms with van der Waals surface area (Å²) in [5.74, 6) is 0.461. The van der Waals surface area contributed by atoms with Crippen molar-refractivity contribution in [1.82, 2.24) is 9.55 Å². The number of hydrogen-bond acceptors (Lipinski definition) is 6. The smallest absolute Gasteiger partial charge is 0.259 e. The molecule has 0 spiro atoms. The predicted molar refractivity (Wildman–Crippen MR) is 116 cm³/mol. The van der Waals surface area contributed by atoms with Crippen molar-refractivity contribution < 1.29 is 9.47 Å². The van der Waals surface area contributed by atoms with Crippen LogP contribution >= 0.6 is 0 Å². The van der Waals surface area contributed by atoms with E-state index in [0.29, 0.717) is 35.9 Å². The molecule has 156 valence electrons. The summed E-state index contributed by atoms with van der Waals surface area (Å²) in [6.45, 7) is 4.61. The number of nitrogens with zero attached hydrogens (tertiary/aromatic N) is 3. The van der Waals surface area contributed by atoms with Gasteiger partial charge in [-0.05, 0) is 43.7 Å². The van der Waals surface area contributed by atoms with Gasteiger partial charge in [0.2, 0.25) is 5.88 Å². The van der Waals surface area contributed by atoms with Gasteiger partial charge in [-0.1, -0.05) is 18.2 Å². The fourth-order valence-electron chi connectivity index (χ4n) is 3.79. The topological polar surface area (TPSA) is 103 Å². The number of benzene rings is 1. The summed E-state index contributed by atoms with van der Waals surface area (Å²) in [6, 6.07) is 16.8. The molecular weight excluding hydrogens is 392 g/mol. The molecule has 0 aliphatic carbocycles. The first-order valence-electron chi connectivity index (χ1n) is 9.98. The monoisotopic (exact) mass is 414 g/mol. The van der Waals surface area contributed by atoms with Gasteiger partial charge in [-0.3, -0.25) is 9.78 Å². The van der Waals surface area contributed by atoms with Crippen LogP contribution in [-0.2, 0) is 6.54 Å². The van der Waals surface area contributed by atoms with E-state index >= 15 is 0 Å². The van der Waals surface area contributed by atoms with Crippen molar-refractivity contribution in [3.63, 3.8) is 0 Å². The Hall–Kier alpha value is -4.05. The Morgan fingerprint density at radius 3 is 2.68 bits per heavy atom. The van der Waals surface area contributed by atoms with Crippen molar-refractivity contribution in [2.75, 3.05) is 6.61 Å². The maximum absolute atomic E-state index is 13.6. The number of nitriles is 1. The normalized spacial score (nSPS) is 15.1. The molecular formula is C24H22N4O3. The molecule has 1 unspecified atom stereocenters. The lowest BCUT2D eigenvalue weighted by atomic mass is 9.84. The third-order valence-corrected chi connectivity index (χ3v) is 5.26. The molecule has 0 amide bonds. The molecule has 2 N–H and O–H groups in total. The van der Waals surface area contributed by atoms with Crippen LogP contribution < -0.4 is 20.8 Å². The van der Waals surface area contributed by atoms with E-state index in [9.17, 15) is 10.1 Å². The molecule has 1 atom stereocenters. The maximum Gasteiger partial charge on any atom is 0.259 e. The molecule has 3 heterocycles. The highest BCUT2D eigenvalue weighted by atomic mass is 16.5. The molecule has 0 radical (unpaired) electrons. The van der Waals surface area contributed by atoms with Crippen LogP contribution in [0.25, 0.3) is 0 Å². The number of hydrogen-bond donors (Lipinski definition) is 1. The Bertz CT molecular complexity index is 1240. The molecule has 0 saturated carbocycles. The number of allylic oxidation sites excluding steroid dienone is 1. The Balaban J connectivity index is 1.87. The van der Waals surface area contributed by atoms with Gasteiger partial charge in [-0.25, -0.2) is 0 Å². The molecule has 1 aliphatic rings. The van der Waals surface area contributed by atoms with E-state index in [1.54, 1.807) is 16.8 Å². The zero-order valence-electron chi connectivity index (χ0n) is 17.3. The number of nitrogens with two attached hydrogens (primary N) is 1. The van der Waals surface area contributed by atoms with E-state index < -0.39 is 5.92 Å². The quantitative estimate of drug-likeness (QED) is 0.688. The molecule has 0 saturated heterocycles. The van der Waals surface area contributed by atoms with Crippen LogP contribution in [0, 0.1) is 18.3 Å². The molecule has 0 fully saturated rings. The van der Waals surface area contributed by atoms with Gasteiger partial charge in [0.1, 0.15) is 23.1 Å². The van der Waals surface area contributed by atoms with E-state index in [2.05, 4.69) is 11.1 Å². The van der Waals surface area contributed by atoms with Gasteiger partial charge in [-0.15, -0.1) is 0 Å². The van der Waals surface area contributed by atoms with Gasteiger partial charge >= 0.3 is 0 Å². The molecule has 1 aliphatic heterocycles. The van der Waals surface area contributed by atoms with Crippen LogP contribution in [0.15, 0.2) is 71.0 Å². The minimum absolute atomic E-state index is 0.00941. The summed E-state index contributed by atoms with van der Waals surface area (Å²) in [6.07, 6.45) is 1.69. The number of pyridine rings is 2. The minimum Gasteiger partial charge on any atom is -0.494 e. The fourth-order valence-corrected chi connectivity index (χ4v) is 3.79. The van der Waals surface area contributed by atoms with E-state index in [4.69, 9.17) is 15.2 Å². The lowest BCUT2D eigenvalue weighted by Gasteiger charge is -2.27. The Kier molecular flexibility index (Phi) is 5.46. The Morgan fingerprint density at radius 2 is 2.03 bits per heavy atom. The van der Waals surface area contributed by atoms with Crippen molar-refractivity contribution in [3.05, 3.63) is 99.1 Å². The molecule has 31 heavy (non-hydrogen) atoms. The first-order valence-corrected chi connectivity index (χ1v) is 9.98. The van der Waals surface area contributed by atoms with Crippen LogP contribution in [-0.4, -0.2) is 16.2 Å². The molecule has 0 bridgehead atoms. The van der Waals surface area contributed by atoms with E-state index in [1.165, 1.54) is 0 Å². The van der Waals surface area contributed by atoms with Gasteiger partial charge in [0, 0.05) is 18.0 Å². The van der Waals surface area contributed by atoms with Crippen molar-refractivity contribution in [3.8, 4) is 17.6 Å². The number of ether oxygens (including phenoxy) is 2. The lowest BCUT2D eigenvalue weighted by molar-refractivity contribution is 0.340. The second-order valence-electron chi connectivity index (χ2n) is 7.20. The van der Waals surface area contributed by atoms with Crippen LogP contribution in [0.1, 0.15) is 35.4 Å². The second-order valence-corrected chi connectivity index (χ2v) is 7.20. The predicted octanol–water partition coefficient (Wildman–Crippen LogP) is 3.22. The average Bonchev–Trinajstić information content (AvgIpc) is 2.77. The molecule has 4 rings (SSSR count). The summed E-state index contributed by atoms with van der Waals surface area (Å²) in [4.78, 5) is 17.9. The van der Waals surface area contributed by atoms with Crippen molar-refractivity contribution >= 4 is 0 Å². The zero-order valence-corrected chi connectivity index (χ0v) is 17.3. The van der Waals surface area contributed by atoms with Crippen LogP contribution in [0.5, 0.6) is 11.5 Å². The molecule has 7 heteroatoms. The first kappa shape index (κ1) is 20.2. The molecule has 3 aromatic rings. The fraction of sp³-hybridized carbons (Fsp3) is 0.208. The maximum atomic E-state index is 13.6. The lowest BCUT2D eigenvalue weighted by Crippen LogP contribution is -2.33. The van der Waals surface area contributed by atoms with Gasteiger partial charge in [0.05, 0.1) is 30.3 Å². The largest absolute Gasteiger partial charge is 0.494 e. The van der Waals surface area contributed by atoms with E-state index in [0.717, 1.165) is 11.3 Å². The summed E-state index contributed by atoms with van der Waals surface area (Å²) >= 11 is 0. The SMILES string of the molecule is CCOc1ccc(C2C(C#N)=C(N)Oc3cc(C)n(Cc4ccccn4)c(=O)c32)cc1. The number of aromatic nitrogens is 2. The van der Waals surface area contributed by atoms with Crippen molar-refractivity contribution in [1.29, 1.82) is 5.26 Å². The summed E-state index contributed by atoms with van der Waals surface area (Å²) in [7, 11) is 0. The summed E-state index contributed by atoms with van der Waals surface area (Å²) in [5, 5.41) is 9.80. The van der Waals surface area contributed by atoms with Gasteiger partial charge in [0.15, 0.2) is 0 Å². The Morgan fingerprint density at radius 1 is 1.26 bits per heavy atom. The molecule has 7 nitrogen and oxygen atoms in total. The summed E-state index contributed by atoms with van der Waals surface area (Å²) in [5.41, 5.74) is 8.66. The van der Waals surface area contributed by atoms with Gasteiger partial charge in [0.25, 0.3) is 5.56 Å². The van der Waals surface area contributed by atoms with Gasteiger partial charge < -0.3 is 19.8 Å². The highest BCUT2D eigenvalue weighted by molar-refractivity contribution is 5.55. The zero-order chi connectivity index (χ0) is 22.0. The number of rotatable bonds is 5. The highest BCUT2D eigenvalue weighted by Gasteiger charge is 2.34. The molecule has 2 aromatic heterocycles. The third-order valence-electron chi connectivity index (χ3n) is 5.26. The van der Waals surface area contributed by atoms with Crippen molar-refractivity contribution in [2.24, 2.45) is 5.73 Å². The van der Waals surface area contributed by atoms with Crippen LogP contribution in [0.4, 0.5) is 0 Å². The molecule has 1 aromatic carbocycles. The van der Waals surface area contributed by atoms with Gasteiger partial charge in [-0.2, -0.15) is 5.26 Å². The highest BCUT2D eigenvalue weighted by Crippen LogP contribution is 2.40. The van der Waals surface area contributed by atoms with Crippen LogP contribution in [0.2, 0.25) is 0 Å².